The van der Waals surface area contributed by atoms with Gasteiger partial charge in [-0.05, 0) is 29.8 Å². The number of hydrogen-bond acceptors (Lipinski definition) is 6. The van der Waals surface area contributed by atoms with E-state index in [-0.39, 0.29) is 5.91 Å². The molecule has 2 aliphatic rings. The first-order valence-corrected chi connectivity index (χ1v) is 13.1. The van der Waals surface area contributed by atoms with Gasteiger partial charge < -0.3 is 14.5 Å². The minimum absolute atomic E-state index is 0.0583. The first-order chi connectivity index (χ1) is 15.8. The van der Waals surface area contributed by atoms with Crippen molar-refractivity contribution in [1.29, 1.82) is 0 Å². The number of carbonyl (C=O) groups is 1. The molecule has 0 radical (unpaired) electrons. The number of hydrogen-bond donors (Lipinski definition) is 0. The largest absolute Gasteiger partial charge is 0.495 e. The minimum atomic E-state index is -3.12. The van der Waals surface area contributed by atoms with Gasteiger partial charge in [0, 0.05) is 64.5 Å². The van der Waals surface area contributed by atoms with Crippen molar-refractivity contribution in [3.05, 3.63) is 59.7 Å². The van der Waals surface area contributed by atoms with Crippen LogP contribution in [0.5, 0.6) is 5.75 Å². The Balaban J connectivity index is 1.29. The van der Waals surface area contributed by atoms with Gasteiger partial charge in [0.25, 0.3) is 5.91 Å². The summed E-state index contributed by atoms with van der Waals surface area (Å²) >= 11 is 0. The summed E-state index contributed by atoms with van der Waals surface area (Å²) in [6.45, 7) is 6.10. The van der Waals surface area contributed by atoms with Crippen molar-refractivity contribution < 1.29 is 17.9 Å². The molecule has 2 fully saturated rings. The molecule has 0 unspecified atom stereocenters. The molecule has 2 aliphatic heterocycles. The Hall–Kier alpha value is -2.62. The number of benzene rings is 2. The average Bonchev–Trinajstić information content (AvgIpc) is 2.84. The molecule has 0 N–H and O–H groups in total. The summed E-state index contributed by atoms with van der Waals surface area (Å²) < 4.78 is 30.3. The van der Waals surface area contributed by atoms with Crippen LogP contribution in [0, 0.1) is 0 Å². The van der Waals surface area contributed by atoms with E-state index in [0.717, 1.165) is 36.6 Å². The second-order valence-electron chi connectivity index (χ2n) is 8.59. The van der Waals surface area contributed by atoms with Crippen LogP contribution in [-0.4, -0.2) is 94.2 Å². The predicted molar refractivity (Wildman–Crippen MR) is 129 cm³/mol. The van der Waals surface area contributed by atoms with E-state index in [0.29, 0.717) is 44.8 Å². The molecule has 33 heavy (non-hydrogen) atoms. The number of ether oxygens (including phenoxy) is 1. The molecule has 178 valence electrons. The van der Waals surface area contributed by atoms with Crippen molar-refractivity contribution in [1.82, 2.24) is 14.1 Å². The molecular weight excluding hydrogens is 440 g/mol. The van der Waals surface area contributed by atoms with E-state index in [2.05, 4.69) is 15.9 Å². The zero-order valence-electron chi connectivity index (χ0n) is 19.3. The molecule has 2 aromatic rings. The normalized spacial score (nSPS) is 18.4. The molecule has 0 saturated carbocycles. The standard InChI is InChI=1S/C24H32N4O4S/c1-32-23-6-4-3-5-22(23)26-13-15-27(16-14-26)24(29)21-9-7-20(8-10-21)19-25-11-17-28(18-12-25)33(2,30)31/h3-10H,11-19H2,1-2H3. The highest BCUT2D eigenvalue weighted by atomic mass is 32.2. The SMILES string of the molecule is COc1ccccc1N1CCN(C(=O)c2ccc(CN3CCN(S(C)(=O)=O)CC3)cc2)CC1. The van der Waals surface area contributed by atoms with Crippen LogP contribution >= 0.6 is 0 Å². The van der Waals surface area contributed by atoms with E-state index in [4.69, 9.17) is 4.74 Å². The topological polar surface area (TPSA) is 73.4 Å². The highest BCUT2D eigenvalue weighted by molar-refractivity contribution is 7.88. The number of nitrogens with zero attached hydrogens (tertiary/aromatic N) is 4. The average molecular weight is 473 g/mol. The Labute approximate surface area is 196 Å². The summed E-state index contributed by atoms with van der Waals surface area (Å²) in [7, 11) is -1.44. The lowest BCUT2D eigenvalue weighted by molar-refractivity contribution is 0.0746. The maximum Gasteiger partial charge on any atom is 0.253 e. The van der Waals surface area contributed by atoms with Gasteiger partial charge >= 0.3 is 0 Å². The van der Waals surface area contributed by atoms with E-state index < -0.39 is 10.0 Å². The Morgan fingerprint density at radius 1 is 0.879 bits per heavy atom. The van der Waals surface area contributed by atoms with Gasteiger partial charge in [0.1, 0.15) is 5.75 Å². The summed E-state index contributed by atoms with van der Waals surface area (Å²) in [6, 6.07) is 15.8. The van der Waals surface area contributed by atoms with E-state index in [9.17, 15) is 13.2 Å². The molecule has 9 heteroatoms. The van der Waals surface area contributed by atoms with Crippen molar-refractivity contribution in [2.24, 2.45) is 0 Å². The summed E-state index contributed by atoms with van der Waals surface area (Å²) in [4.78, 5) is 19.4. The minimum Gasteiger partial charge on any atom is -0.495 e. The molecular formula is C24H32N4O4S. The Morgan fingerprint density at radius 3 is 2.12 bits per heavy atom. The molecule has 8 nitrogen and oxygen atoms in total. The summed E-state index contributed by atoms with van der Waals surface area (Å²) in [5, 5.41) is 0. The molecule has 1 amide bonds. The molecule has 0 atom stereocenters. The number of carbonyl (C=O) groups excluding carboxylic acids is 1. The van der Waals surface area contributed by atoms with E-state index in [1.807, 2.05) is 47.4 Å². The Bertz CT molecular complexity index is 1060. The van der Waals surface area contributed by atoms with Crippen molar-refractivity contribution in [3.8, 4) is 5.75 Å². The first kappa shape index (κ1) is 23.5. The van der Waals surface area contributed by atoms with Crippen molar-refractivity contribution >= 4 is 21.6 Å². The smallest absolute Gasteiger partial charge is 0.253 e. The number of anilines is 1. The van der Waals surface area contributed by atoms with Crippen LogP contribution in [0.4, 0.5) is 5.69 Å². The van der Waals surface area contributed by atoms with Crippen LogP contribution in [0.25, 0.3) is 0 Å². The van der Waals surface area contributed by atoms with Crippen LogP contribution < -0.4 is 9.64 Å². The van der Waals surface area contributed by atoms with Gasteiger partial charge in [0.15, 0.2) is 0 Å². The van der Waals surface area contributed by atoms with Gasteiger partial charge in [0.05, 0.1) is 19.1 Å². The third-order valence-corrected chi connectivity index (χ3v) is 7.70. The van der Waals surface area contributed by atoms with E-state index in [1.165, 1.54) is 10.6 Å². The summed E-state index contributed by atoms with van der Waals surface area (Å²) in [6.07, 6.45) is 1.26. The highest BCUT2D eigenvalue weighted by Crippen LogP contribution is 2.28. The lowest BCUT2D eigenvalue weighted by atomic mass is 10.1. The van der Waals surface area contributed by atoms with Crippen LogP contribution in [0.15, 0.2) is 48.5 Å². The monoisotopic (exact) mass is 472 g/mol. The lowest BCUT2D eigenvalue weighted by Gasteiger charge is -2.36. The van der Waals surface area contributed by atoms with E-state index >= 15 is 0 Å². The molecule has 2 heterocycles. The van der Waals surface area contributed by atoms with Gasteiger partial charge in [-0.2, -0.15) is 4.31 Å². The maximum absolute atomic E-state index is 13.0. The first-order valence-electron chi connectivity index (χ1n) is 11.3. The fourth-order valence-corrected chi connectivity index (χ4v) is 5.28. The molecule has 2 saturated heterocycles. The molecule has 0 spiro atoms. The zero-order chi connectivity index (χ0) is 23.4. The third-order valence-electron chi connectivity index (χ3n) is 6.40. The Morgan fingerprint density at radius 2 is 1.52 bits per heavy atom. The van der Waals surface area contributed by atoms with Crippen molar-refractivity contribution in [2.45, 2.75) is 6.54 Å². The van der Waals surface area contributed by atoms with Crippen LogP contribution in [0.3, 0.4) is 0 Å². The van der Waals surface area contributed by atoms with Gasteiger partial charge in [-0.15, -0.1) is 0 Å². The number of piperazine rings is 2. The third kappa shape index (κ3) is 5.66. The number of methoxy groups -OCH3 is 1. The van der Waals surface area contributed by atoms with Gasteiger partial charge in [-0.25, -0.2) is 8.42 Å². The van der Waals surface area contributed by atoms with Gasteiger partial charge in [-0.1, -0.05) is 24.3 Å². The molecule has 0 aliphatic carbocycles. The fraction of sp³-hybridized carbons (Fsp3) is 0.458. The second-order valence-corrected chi connectivity index (χ2v) is 10.6. The van der Waals surface area contributed by atoms with Crippen LogP contribution in [0.1, 0.15) is 15.9 Å². The summed E-state index contributed by atoms with van der Waals surface area (Å²) in [5.74, 6) is 0.911. The van der Waals surface area contributed by atoms with E-state index in [1.54, 1.807) is 7.11 Å². The zero-order valence-corrected chi connectivity index (χ0v) is 20.1. The van der Waals surface area contributed by atoms with Crippen molar-refractivity contribution in [3.63, 3.8) is 0 Å². The molecule has 4 rings (SSSR count). The van der Waals surface area contributed by atoms with Gasteiger partial charge in [0.2, 0.25) is 10.0 Å². The summed E-state index contributed by atoms with van der Waals surface area (Å²) in [5.41, 5.74) is 2.89. The quantitative estimate of drug-likeness (QED) is 0.638. The maximum atomic E-state index is 13.0. The lowest BCUT2D eigenvalue weighted by Crippen LogP contribution is -2.48. The Kier molecular flexibility index (Phi) is 7.21. The molecule has 2 aromatic carbocycles. The fourth-order valence-electron chi connectivity index (χ4n) is 4.45. The number of para-hydroxylation sites is 2. The number of amides is 1. The molecule has 0 bridgehead atoms. The predicted octanol–water partition coefficient (Wildman–Crippen LogP) is 1.73. The van der Waals surface area contributed by atoms with Gasteiger partial charge in [-0.3, -0.25) is 9.69 Å². The number of rotatable bonds is 6. The van der Waals surface area contributed by atoms with Crippen molar-refractivity contribution in [2.75, 3.05) is 70.6 Å². The van der Waals surface area contributed by atoms with Crippen LogP contribution in [-0.2, 0) is 16.6 Å². The highest BCUT2D eigenvalue weighted by Gasteiger charge is 2.25. The molecule has 0 aromatic heterocycles. The second kappa shape index (κ2) is 10.1. The number of sulfonamides is 1. The van der Waals surface area contributed by atoms with Crippen LogP contribution in [0.2, 0.25) is 0 Å².